The largest absolute Gasteiger partial charge is 0.387 e. The van der Waals surface area contributed by atoms with Gasteiger partial charge in [0.25, 0.3) is 0 Å². The van der Waals surface area contributed by atoms with E-state index in [9.17, 15) is 5.11 Å². The highest BCUT2D eigenvalue weighted by Gasteiger charge is 2.12. The highest BCUT2D eigenvalue weighted by molar-refractivity contribution is 5.81. The third kappa shape index (κ3) is 1.76. The third-order valence-corrected chi connectivity index (χ3v) is 2.77. The molecule has 0 saturated carbocycles. The highest BCUT2D eigenvalue weighted by atomic mass is 16.3. The molecule has 1 aromatic carbocycles. The molecule has 0 saturated heterocycles. The minimum absolute atomic E-state index is 0.465. The maximum absolute atomic E-state index is 9.90. The number of aromatic nitrogens is 1. The summed E-state index contributed by atoms with van der Waals surface area (Å²) in [5, 5.41) is 11.1. The number of aryl methyl sites for hydroxylation is 1. The van der Waals surface area contributed by atoms with Crippen molar-refractivity contribution in [1.29, 1.82) is 0 Å². The second kappa shape index (κ2) is 4.04. The van der Waals surface area contributed by atoms with Gasteiger partial charge in [0.1, 0.15) is 0 Å². The van der Waals surface area contributed by atoms with Crippen molar-refractivity contribution in [2.45, 2.75) is 12.5 Å². The van der Waals surface area contributed by atoms with Gasteiger partial charge in [-0.1, -0.05) is 18.2 Å². The summed E-state index contributed by atoms with van der Waals surface area (Å²) in [4.78, 5) is 0. The normalized spacial score (nSPS) is 13.3. The van der Waals surface area contributed by atoms with Gasteiger partial charge < -0.3 is 15.4 Å². The van der Waals surface area contributed by atoms with E-state index in [-0.39, 0.29) is 0 Å². The summed E-state index contributed by atoms with van der Waals surface area (Å²) in [7, 11) is 1.97. The SMILES string of the molecule is Cn1c([C@H](O)CCN)cc2ccccc21. The molecule has 0 bridgehead atoms. The number of hydrogen-bond donors (Lipinski definition) is 2. The van der Waals surface area contributed by atoms with Gasteiger partial charge >= 0.3 is 0 Å². The zero-order chi connectivity index (χ0) is 10.8. The lowest BCUT2D eigenvalue weighted by atomic mass is 10.2. The van der Waals surface area contributed by atoms with Crippen molar-refractivity contribution in [2.24, 2.45) is 12.8 Å². The number of hydrogen-bond acceptors (Lipinski definition) is 2. The smallest absolute Gasteiger partial charge is 0.0952 e. The van der Waals surface area contributed by atoms with E-state index < -0.39 is 6.10 Å². The van der Waals surface area contributed by atoms with E-state index in [2.05, 4.69) is 0 Å². The number of fused-ring (bicyclic) bond motifs is 1. The third-order valence-electron chi connectivity index (χ3n) is 2.77. The van der Waals surface area contributed by atoms with E-state index in [1.54, 1.807) is 0 Å². The molecule has 0 aliphatic rings. The van der Waals surface area contributed by atoms with Crippen LogP contribution in [0.2, 0.25) is 0 Å². The van der Waals surface area contributed by atoms with Crippen molar-refractivity contribution in [2.75, 3.05) is 6.54 Å². The lowest BCUT2D eigenvalue weighted by Crippen LogP contribution is -2.09. The van der Waals surface area contributed by atoms with Gasteiger partial charge in [-0.25, -0.2) is 0 Å². The fourth-order valence-corrected chi connectivity index (χ4v) is 1.94. The Hall–Kier alpha value is -1.32. The van der Waals surface area contributed by atoms with Crippen LogP contribution in [0.15, 0.2) is 30.3 Å². The maximum atomic E-state index is 9.90. The van der Waals surface area contributed by atoms with Crippen LogP contribution in [-0.4, -0.2) is 16.2 Å². The van der Waals surface area contributed by atoms with Crippen LogP contribution in [0.1, 0.15) is 18.2 Å². The molecule has 0 unspecified atom stereocenters. The van der Waals surface area contributed by atoms with Crippen LogP contribution in [0.4, 0.5) is 0 Å². The number of benzene rings is 1. The molecule has 0 aliphatic carbocycles. The first-order chi connectivity index (χ1) is 7.24. The standard InChI is InChI=1S/C12H16N2O/c1-14-10-5-3-2-4-9(10)8-11(14)12(15)6-7-13/h2-5,8,12,15H,6-7,13H2,1H3/t12-/m1/s1. The summed E-state index contributed by atoms with van der Waals surface area (Å²) in [6.45, 7) is 0.503. The average Bonchev–Trinajstić information content (AvgIpc) is 2.57. The van der Waals surface area contributed by atoms with E-state index >= 15 is 0 Å². The Balaban J connectivity index is 2.48. The number of rotatable bonds is 3. The Morgan fingerprint density at radius 3 is 2.80 bits per heavy atom. The van der Waals surface area contributed by atoms with Crippen LogP contribution in [0.25, 0.3) is 10.9 Å². The maximum Gasteiger partial charge on any atom is 0.0952 e. The Bertz CT molecular complexity index is 462. The molecule has 0 aliphatic heterocycles. The lowest BCUT2D eigenvalue weighted by Gasteiger charge is -2.10. The minimum atomic E-state index is -0.465. The van der Waals surface area contributed by atoms with Crippen LogP contribution in [0.5, 0.6) is 0 Å². The van der Waals surface area contributed by atoms with Crippen molar-refractivity contribution in [3.8, 4) is 0 Å². The van der Waals surface area contributed by atoms with Gasteiger partial charge in [-0.15, -0.1) is 0 Å². The van der Waals surface area contributed by atoms with Gasteiger partial charge in [0.15, 0.2) is 0 Å². The van der Waals surface area contributed by atoms with Gasteiger partial charge in [-0.3, -0.25) is 0 Å². The van der Waals surface area contributed by atoms with Crippen LogP contribution in [-0.2, 0) is 7.05 Å². The van der Waals surface area contributed by atoms with E-state index in [1.807, 2.05) is 41.9 Å². The predicted molar refractivity (Wildman–Crippen MR) is 61.6 cm³/mol. The quantitative estimate of drug-likeness (QED) is 0.797. The minimum Gasteiger partial charge on any atom is -0.387 e. The molecule has 3 N–H and O–H groups in total. The van der Waals surface area contributed by atoms with E-state index in [4.69, 9.17) is 5.73 Å². The van der Waals surface area contributed by atoms with E-state index in [0.29, 0.717) is 13.0 Å². The van der Waals surface area contributed by atoms with Gasteiger partial charge in [0.2, 0.25) is 0 Å². The Morgan fingerprint density at radius 2 is 2.13 bits per heavy atom. The van der Waals surface area contributed by atoms with Crippen LogP contribution < -0.4 is 5.73 Å². The molecule has 0 fully saturated rings. The number of aliphatic hydroxyl groups is 1. The summed E-state index contributed by atoms with van der Waals surface area (Å²) in [6.07, 6.45) is 0.136. The second-order valence-electron chi connectivity index (χ2n) is 3.78. The zero-order valence-electron chi connectivity index (χ0n) is 8.85. The van der Waals surface area contributed by atoms with Crippen LogP contribution >= 0.6 is 0 Å². The fraction of sp³-hybridized carbons (Fsp3) is 0.333. The van der Waals surface area contributed by atoms with Crippen LogP contribution in [0.3, 0.4) is 0 Å². The first-order valence-corrected chi connectivity index (χ1v) is 5.16. The lowest BCUT2D eigenvalue weighted by molar-refractivity contribution is 0.162. The molecular formula is C12H16N2O. The van der Waals surface area contributed by atoms with E-state index in [1.165, 1.54) is 0 Å². The second-order valence-corrected chi connectivity index (χ2v) is 3.78. The fourth-order valence-electron chi connectivity index (χ4n) is 1.94. The van der Waals surface area contributed by atoms with Crippen LogP contribution in [0, 0.1) is 0 Å². The van der Waals surface area contributed by atoms with Crippen molar-refractivity contribution < 1.29 is 5.11 Å². The monoisotopic (exact) mass is 204 g/mol. The molecule has 15 heavy (non-hydrogen) atoms. The molecule has 0 spiro atoms. The summed E-state index contributed by atoms with van der Waals surface area (Å²) in [5.74, 6) is 0. The van der Waals surface area contributed by atoms with Gasteiger partial charge in [-0.2, -0.15) is 0 Å². The first-order valence-electron chi connectivity index (χ1n) is 5.16. The van der Waals surface area contributed by atoms with Gasteiger partial charge in [0, 0.05) is 18.3 Å². The first kappa shape index (κ1) is 10.2. The van der Waals surface area contributed by atoms with Crippen molar-refractivity contribution in [1.82, 2.24) is 4.57 Å². The molecule has 1 atom stereocenters. The summed E-state index contributed by atoms with van der Waals surface area (Å²) in [6, 6.07) is 10.1. The molecular weight excluding hydrogens is 188 g/mol. The molecule has 80 valence electrons. The Morgan fingerprint density at radius 1 is 1.40 bits per heavy atom. The number of nitrogens with zero attached hydrogens (tertiary/aromatic N) is 1. The van der Waals surface area contributed by atoms with Crippen molar-refractivity contribution >= 4 is 10.9 Å². The average molecular weight is 204 g/mol. The van der Waals surface area contributed by atoms with Gasteiger partial charge in [0.05, 0.1) is 6.10 Å². The highest BCUT2D eigenvalue weighted by Crippen LogP contribution is 2.24. The molecule has 0 amide bonds. The summed E-state index contributed by atoms with van der Waals surface area (Å²) >= 11 is 0. The van der Waals surface area contributed by atoms with Crippen molar-refractivity contribution in [3.63, 3.8) is 0 Å². The predicted octanol–water partition coefficient (Wildman–Crippen LogP) is 1.56. The van der Waals surface area contributed by atoms with Gasteiger partial charge in [-0.05, 0) is 30.5 Å². The summed E-state index contributed by atoms with van der Waals surface area (Å²) in [5.41, 5.74) is 7.52. The number of nitrogens with two attached hydrogens (primary N) is 1. The molecule has 3 heteroatoms. The van der Waals surface area contributed by atoms with Crippen molar-refractivity contribution in [3.05, 3.63) is 36.0 Å². The summed E-state index contributed by atoms with van der Waals surface area (Å²) < 4.78 is 2.02. The molecule has 2 rings (SSSR count). The molecule has 1 aromatic heterocycles. The Kier molecular flexibility index (Phi) is 2.75. The molecule has 3 nitrogen and oxygen atoms in total. The number of para-hydroxylation sites is 1. The van der Waals surface area contributed by atoms with E-state index in [0.717, 1.165) is 16.6 Å². The molecule has 1 heterocycles. The molecule has 0 radical (unpaired) electrons. The zero-order valence-corrected chi connectivity index (χ0v) is 8.85. The molecule has 2 aromatic rings. The topological polar surface area (TPSA) is 51.2 Å². The number of aliphatic hydroxyl groups excluding tert-OH is 1. The Labute approximate surface area is 89.1 Å².